The zero-order valence-corrected chi connectivity index (χ0v) is 13.0. The van der Waals surface area contributed by atoms with E-state index in [-0.39, 0.29) is 0 Å². The number of nitrogens with one attached hydrogen (secondary N) is 1. The van der Waals surface area contributed by atoms with Gasteiger partial charge in [0.1, 0.15) is 5.75 Å². The normalized spacial score (nSPS) is 10.5. The Morgan fingerprint density at radius 2 is 2.16 bits per heavy atom. The van der Waals surface area contributed by atoms with E-state index in [9.17, 15) is 0 Å². The Morgan fingerprint density at radius 1 is 1.37 bits per heavy atom. The van der Waals surface area contributed by atoms with Crippen LogP contribution in [0.15, 0.2) is 34.9 Å². The lowest BCUT2D eigenvalue weighted by molar-refractivity contribution is 0.451. The summed E-state index contributed by atoms with van der Waals surface area (Å²) >= 11 is 9.35. The number of aryl methyl sites for hydroxylation is 1. The second kappa shape index (κ2) is 6.37. The summed E-state index contributed by atoms with van der Waals surface area (Å²) in [5.74, 6) is 1.36. The monoisotopic (exact) mass is 340 g/mol. The summed E-state index contributed by atoms with van der Waals surface area (Å²) in [6.45, 7) is 2.65. The number of pyridine rings is 1. The van der Waals surface area contributed by atoms with Gasteiger partial charge in [0, 0.05) is 27.8 Å². The highest BCUT2D eigenvalue weighted by Crippen LogP contribution is 2.29. The lowest BCUT2D eigenvalue weighted by atomic mass is 10.2. The Labute approximate surface area is 126 Å². The van der Waals surface area contributed by atoms with E-state index in [1.165, 1.54) is 0 Å². The van der Waals surface area contributed by atoms with Gasteiger partial charge in [-0.15, -0.1) is 0 Å². The van der Waals surface area contributed by atoms with Crippen LogP contribution in [0.2, 0.25) is 5.02 Å². The number of aromatic nitrogens is 1. The van der Waals surface area contributed by atoms with E-state index in [1.807, 2.05) is 32.2 Å². The highest BCUT2D eigenvalue weighted by atomic mass is 79.9. The average Bonchev–Trinajstić information content (AvgIpc) is 2.36. The maximum Gasteiger partial charge on any atom is 0.223 e. The molecule has 0 bridgehead atoms. The molecule has 1 aromatic heterocycles. The quantitative estimate of drug-likeness (QED) is 0.899. The van der Waals surface area contributed by atoms with Gasteiger partial charge in [0.2, 0.25) is 5.88 Å². The standard InChI is InChI=1S/C14H14BrClN2O/c1-9-5-12(16)3-4-13(9)19-14-10(7-17-2)6-11(15)8-18-14/h3-6,8,17H,7H2,1-2H3. The second-order valence-electron chi connectivity index (χ2n) is 4.16. The molecule has 19 heavy (non-hydrogen) atoms. The SMILES string of the molecule is CNCc1cc(Br)cnc1Oc1ccc(Cl)cc1C. The maximum atomic E-state index is 5.93. The van der Waals surface area contributed by atoms with Crippen LogP contribution < -0.4 is 10.1 Å². The van der Waals surface area contributed by atoms with Gasteiger partial charge in [0.15, 0.2) is 0 Å². The Bertz CT molecular complexity index is 590. The van der Waals surface area contributed by atoms with Gasteiger partial charge in [-0.1, -0.05) is 11.6 Å². The third-order valence-electron chi connectivity index (χ3n) is 2.60. The molecule has 0 saturated carbocycles. The Balaban J connectivity index is 2.32. The summed E-state index contributed by atoms with van der Waals surface area (Å²) in [5.41, 5.74) is 1.97. The first-order valence-electron chi connectivity index (χ1n) is 5.83. The summed E-state index contributed by atoms with van der Waals surface area (Å²) in [5, 5.41) is 3.80. The minimum absolute atomic E-state index is 0.600. The summed E-state index contributed by atoms with van der Waals surface area (Å²) < 4.78 is 6.80. The minimum Gasteiger partial charge on any atom is -0.438 e. The van der Waals surface area contributed by atoms with Gasteiger partial charge in [-0.05, 0) is 59.7 Å². The first-order chi connectivity index (χ1) is 9.10. The molecule has 1 aromatic carbocycles. The highest BCUT2D eigenvalue weighted by molar-refractivity contribution is 9.10. The first-order valence-corrected chi connectivity index (χ1v) is 7.00. The molecule has 1 N–H and O–H groups in total. The van der Waals surface area contributed by atoms with Crippen LogP contribution in [0.5, 0.6) is 11.6 Å². The molecule has 0 aliphatic rings. The lowest BCUT2D eigenvalue weighted by Gasteiger charge is -2.12. The van der Waals surface area contributed by atoms with Crippen molar-refractivity contribution in [2.24, 2.45) is 0 Å². The topological polar surface area (TPSA) is 34.2 Å². The lowest BCUT2D eigenvalue weighted by Crippen LogP contribution is -2.07. The van der Waals surface area contributed by atoms with Gasteiger partial charge in [0.25, 0.3) is 0 Å². The van der Waals surface area contributed by atoms with Gasteiger partial charge in [-0.2, -0.15) is 0 Å². The molecule has 2 aromatic rings. The predicted molar refractivity (Wildman–Crippen MR) is 81.0 cm³/mol. The van der Waals surface area contributed by atoms with Crippen molar-refractivity contribution >= 4 is 27.5 Å². The van der Waals surface area contributed by atoms with Crippen LogP contribution in [0, 0.1) is 6.92 Å². The van der Waals surface area contributed by atoms with Crippen LogP contribution in [-0.4, -0.2) is 12.0 Å². The van der Waals surface area contributed by atoms with E-state index in [4.69, 9.17) is 16.3 Å². The van der Waals surface area contributed by atoms with E-state index in [1.54, 1.807) is 12.3 Å². The van der Waals surface area contributed by atoms with Gasteiger partial charge in [0.05, 0.1) is 0 Å². The number of ether oxygens (including phenoxy) is 1. The molecule has 0 atom stereocenters. The Kier molecular flexibility index (Phi) is 4.80. The van der Waals surface area contributed by atoms with Crippen LogP contribution in [0.1, 0.15) is 11.1 Å². The van der Waals surface area contributed by atoms with Crippen molar-refractivity contribution in [3.05, 3.63) is 51.1 Å². The molecule has 0 spiro atoms. The maximum absolute atomic E-state index is 5.93. The van der Waals surface area contributed by atoms with Gasteiger partial charge in [-0.25, -0.2) is 4.98 Å². The largest absolute Gasteiger partial charge is 0.438 e. The van der Waals surface area contributed by atoms with Crippen molar-refractivity contribution in [3.63, 3.8) is 0 Å². The first kappa shape index (κ1) is 14.3. The fraction of sp³-hybridized carbons (Fsp3) is 0.214. The van der Waals surface area contributed by atoms with E-state index in [0.29, 0.717) is 17.4 Å². The molecular weight excluding hydrogens is 328 g/mol. The summed E-state index contributed by atoms with van der Waals surface area (Å²) in [6, 6.07) is 7.52. The fourth-order valence-electron chi connectivity index (χ4n) is 1.71. The molecule has 1 heterocycles. The Morgan fingerprint density at radius 3 is 2.84 bits per heavy atom. The number of nitrogens with zero attached hydrogens (tertiary/aromatic N) is 1. The van der Waals surface area contributed by atoms with Gasteiger partial charge in [-0.3, -0.25) is 0 Å². The third kappa shape index (κ3) is 3.69. The molecule has 0 amide bonds. The van der Waals surface area contributed by atoms with E-state index in [0.717, 1.165) is 21.3 Å². The van der Waals surface area contributed by atoms with Gasteiger partial charge >= 0.3 is 0 Å². The van der Waals surface area contributed by atoms with E-state index < -0.39 is 0 Å². The van der Waals surface area contributed by atoms with E-state index >= 15 is 0 Å². The zero-order valence-electron chi connectivity index (χ0n) is 10.7. The molecule has 0 aliphatic carbocycles. The molecule has 0 aliphatic heterocycles. The fourth-order valence-corrected chi connectivity index (χ4v) is 2.31. The molecule has 0 unspecified atom stereocenters. The molecule has 0 radical (unpaired) electrons. The summed E-state index contributed by atoms with van der Waals surface area (Å²) in [6.07, 6.45) is 1.72. The van der Waals surface area contributed by atoms with Crippen LogP contribution in [-0.2, 0) is 6.54 Å². The van der Waals surface area contributed by atoms with Crippen LogP contribution in [0.3, 0.4) is 0 Å². The third-order valence-corrected chi connectivity index (χ3v) is 3.27. The molecular formula is C14H14BrClN2O. The van der Waals surface area contributed by atoms with Gasteiger partial charge < -0.3 is 10.1 Å². The van der Waals surface area contributed by atoms with Crippen molar-refractivity contribution in [3.8, 4) is 11.6 Å². The van der Waals surface area contributed by atoms with Crippen LogP contribution in [0.25, 0.3) is 0 Å². The molecule has 100 valence electrons. The molecule has 5 heteroatoms. The smallest absolute Gasteiger partial charge is 0.223 e. The molecule has 3 nitrogen and oxygen atoms in total. The predicted octanol–water partition coefficient (Wildman–Crippen LogP) is 4.32. The number of hydrogen-bond donors (Lipinski definition) is 1. The van der Waals surface area contributed by atoms with Crippen molar-refractivity contribution in [1.82, 2.24) is 10.3 Å². The highest BCUT2D eigenvalue weighted by Gasteiger charge is 2.09. The van der Waals surface area contributed by atoms with E-state index in [2.05, 4.69) is 26.2 Å². The molecule has 0 saturated heterocycles. The zero-order chi connectivity index (χ0) is 13.8. The van der Waals surface area contributed by atoms with Crippen LogP contribution >= 0.6 is 27.5 Å². The number of benzene rings is 1. The molecule has 2 rings (SSSR count). The number of halogens is 2. The molecule has 0 fully saturated rings. The Hall–Kier alpha value is -1.10. The van der Waals surface area contributed by atoms with Crippen molar-refractivity contribution < 1.29 is 4.74 Å². The number of rotatable bonds is 4. The summed E-state index contributed by atoms with van der Waals surface area (Å²) in [7, 11) is 1.89. The van der Waals surface area contributed by atoms with Crippen LogP contribution in [0.4, 0.5) is 0 Å². The summed E-state index contributed by atoms with van der Waals surface area (Å²) in [4.78, 5) is 4.31. The van der Waals surface area contributed by atoms with Crippen molar-refractivity contribution in [2.75, 3.05) is 7.05 Å². The second-order valence-corrected chi connectivity index (χ2v) is 5.51. The van der Waals surface area contributed by atoms with Crippen molar-refractivity contribution in [1.29, 1.82) is 0 Å². The minimum atomic E-state index is 0.600. The van der Waals surface area contributed by atoms with Crippen molar-refractivity contribution in [2.45, 2.75) is 13.5 Å². The average molecular weight is 342 g/mol. The number of hydrogen-bond acceptors (Lipinski definition) is 3.